The van der Waals surface area contributed by atoms with E-state index in [1.54, 1.807) is 0 Å². The molecule has 2 aromatic rings. The Kier molecular flexibility index (Phi) is 4.87. The molecule has 0 fully saturated rings. The molecule has 5 nitrogen and oxygen atoms in total. The SMILES string of the molecule is NCC#Cc1ccc(COc2ccc([N+](=O)[O-])cc2F)s1. The number of nitrogens with two attached hydrogens (primary N) is 1. The zero-order valence-electron chi connectivity index (χ0n) is 10.8. The molecule has 0 saturated heterocycles. The van der Waals surface area contributed by atoms with Gasteiger partial charge in [-0.25, -0.2) is 4.39 Å². The normalized spacial score (nSPS) is 9.81. The van der Waals surface area contributed by atoms with Crippen molar-refractivity contribution in [2.75, 3.05) is 6.54 Å². The summed E-state index contributed by atoms with van der Waals surface area (Å²) < 4.78 is 18.9. The molecular formula is C14H11FN2O3S. The van der Waals surface area contributed by atoms with E-state index < -0.39 is 10.7 Å². The van der Waals surface area contributed by atoms with E-state index in [0.717, 1.165) is 15.8 Å². The molecule has 0 bridgehead atoms. The second kappa shape index (κ2) is 6.83. The summed E-state index contributed by atoms with van der Waals surface area (Å²) in [6, 6.07) is 6.94. The van der Waals surface area contributed by atoms with Crippen LogP contribution in [-0.4, -0.2) is 11.5 Å². The van der Waals surface area contributed by atoms with Crippen LogP contribution in [-0.2, 0) is 6.61 Å². The predicted molar refractivity (Wildman–Crippen MR) is 77.6 cm³/mol. The minimum atomic E-state index is -0.760. The third kappa shape index (κ3) is 4.02. The maximum absolute atomic E-state index is 13.6. The summed E-state index contributed by atoms with van der Waals surface area (Å²) in [6.07, 6.45) is 0. The number of halogens is 1. The second-order valence-electron chi connectivity index (χ2n) is 3.93. The minimum Gasteiger partial charge on any atom is -0.485 e. The van der Waals surface area contributed by atoms with E-state index in [2.05, 4.69) is 11.8 Å². The van der Waals surface area contributed by atoms with E-state index in [4.69, 9.17) is 10.5 Å². The molecule has 0 atom stereocenters. The van der Waals surface area contributed by atoms with Gasteiger partial charge in [0.25, 0.3) is 5.69 Å². The lowest BCUT2D eigenvalue weighted by Gasteiger charge is -2.05. The maximum Gasteiger partial charge on any atom is 0.272 e. The lowest BCUT2D eigenvalue weighted by atomic mass is 10.3. The first-order valence-corrected chi connectivity index (χ1v) is 6.76. The van der Waals surface area contributed by atoms with Crippen LogP contribution >= 0.6 is 11.3 Å². The molecule has 2 N–H and O–H groups in total. The molecule has 0 amide bonds. The van der Waals surface area contributed by atoms with E-state index in [0.29, 0.717) is 0 Å². The average molecular weight is 306 g/mol. The molecule has 1 aromatic carbocycles. The van der Waals surface area contributed by atoms with Crippen molar-refractivity contribution in [2.24, 2.45) is 5.73 Å². The molecule has 1 aromatic heterocycles. The Hall–Kier alpha value is -2.43. The first-order valence-electron chi connectivity index (χ1n) is 5.94. The van der Waals surface area contributed by atoms with E-state index in [1.165, 1.54) is 23.5 Å². The number of nitro groups is 1. The standard InChI is InChI=1S/C14H11FN2O3S/c15-13-8-10(17(18)19)3-6-14(13)20-9-12-5-4-11(21-12)2-1-7-16/h3-6,8H,7,9,16H2. The topological polar surface area (TPSA) is 78.4 Å². The molecule has 21 heavy (non-hydrogen) atoms. The van der Waals surface area contributed by atoms with Gasteiger partial charge in [-0.3, -0.25) is 10.1 Å². The fourth-order valence-corrected chi connectivity index (χ4v) is 2.33. The number of nitro benzene ring substituents is 1. The van der Waals surface area contributed by atoms with Crippen molar-refractivity contribution in [3.8, 4) is 17.6 Å². The van der Waals surface area contributed by atoms with Gasteiger partial charge in [0, 0.05) is 10.9 Å². The highest BCUT2D eigenvalue weighted by molar-refractivity contribution is 7.12. The summed E-state index contributed by atoms with van der Waals surface area (Å²) in [5.74, 6) is 4.85. The third-order valence-electron chi connectivity index (χ3n) is 2.47. The van der Waals surface area contributed by atoms with Crippen LogP contribution < -0.4 is 10.5 Å². The number of hydrogen-bond donors (Lipinski definition) is 1. The Bertz CT molecular complexity index is 718. The third-order valence-corrected chi connectivity index (χ3v) is 3.45. The number of non-ortho nitro benzene ring substituents is 1. The number of ether oxygens (including phenoxy) is 1. The molecule has 0 radical (unpaired) electrons. The van der Waals surface area contributed by atoms with Gasteiger partial charge in [-0.1, -0.05) is 11.8 Å². The van der Waals surface area contributed by atoms with Gasteiger partial charge in [0.2, 0.25) is 0 Å². The predicted octanol–water partition coefficient (Wildman–Crippen LogP) is 2.68. The number of nitrogens with zero attached hydrogens (tertiary/aromatic N) is 1. The number of benzene rings is 1. The molecule has 0 aliphatic rings. The van der Waals surface area contributed by atoms with Crippen molar-refractivity contribution in [1.82, 2.24) is 0 Å². The summed E-state index contributed by atoms with van der Waals surface area (Å²) in [5.41, 5.74) is 4.97. The molecule has 0 aliphatic carbocycles. The summed E-state index contributed by atoms with van der Waals surface area (Å²) in [4.78, 5) is 11.6. The lowest BCUT2D eigenvalue weighted by Crippen LogP contribution is -1.96. The first kappa shape index (κ1) is 15.0. The van der Waals surface area contributed by atoms with Gasteiger partial charge in [-0.15, -0.1) is 11.3 Å². The summed E-state index contributed by atoms with van der Waals surface area (Å²) in [6.45, 7) is 0.460. The van der Waals surface area contributed by atoms with Crippen LogP contribution in [0.3, 0.4) is 0 Å². The van der Waals surface area contributed by atoms with Crippen molar-refractivity contribution in [3.63, 3.8) is 0 Å². The van der Waals surface area contributed by atoms with Crippen LogP contribution in [0.2, 0.25) is 0 Å². The minimum absolute atomic E-state index is 0.0245. The van der Waals surface area contributed by atoms with Gasteiger partial charge in [0.1, 0.15) is 6.61 Å². The van der Waals surface area contributed by atoms with E-state index in [9.17, 15) is 14.5 Å². The quantitative estimate of drug-likeness (QED) is 0.535. The Morgan fingerprint density at radius 1 is 1.38 bits per heavy atom. The molecule has 2 rings (SSSR count). The highest BCUT2D eigenvalue weighted by Gasteiger charge is 2.11. The van der Waals surface area contributed by atoms with Crippen LogP contribution in [0.5, 0.6) is 5.75 Å². The summed E-state index contributed by atoms with van der Waals surface area (Å²) >= 11 is 1.42. The van der Waals surface area contributed by atoms with Crippen molar-refractivity contribution < 1.29 is 14.1 Å². The lowest BCUT2D eigenvalue weighted by molar-refractivity contribution is -0.385. The first-order chi connectivity index (χ1) is 10.1. The van der Waals surface area contributed by atoms with Crippen LogP contribution in [0.1, 0.15) is 9.75 Å². The smallest absolute Gasteiger partial charge is 0.272 e. The molecular weight excluding hydrogens is 295 g/mol. The number of hydrogen-bond acceptors (Lipinski definition) is 5. The van der Waals surface area contributed by atoms with Gasteiger partial charge >= 0.3 is 0 Å². The highest BCUT2D eigenvalue weighted by atomic mass is 32.1. The van der Waals surface area contributed by atoms with Crippen molar-refractivity contribution in [3.05, 3.63) is 56.0 Å². The Morgan fingerprint density at radius 2 is 2.19 bits per heavy atom. The van der Waals surface area contributed by atoms with Gasteiger partial charge in [0.05, 0.1) is 22.4 Å². The molecule has 108 valence electrons. The van der Waals surface area contributed by atoms with Crippen LogP contribution in [0.25, 0.3) is 0 Å². The average Bonchev–Trinajstić information content (AvgIpc) is 2.91. The van der Waals surface area contributed by atoms with Crippen LogP contribution in [0.15, 0.2) is 30.3 Å². The number of rotatable bonds is 4. The largest absolute Gasteiger partial charge is 0.485 e. The zero-order valence-corrected chi connectivity index (χ0v) is 11.7. The molecule has 1 heterocycles. The Labute approximate surface area is 124 Å². The molecule has 0 unspecified atom stereocenters. The fourth-order valence-electron chi connectivity index (χ4n) is 1.53. The van der Waals surface area contributed by atoms with E-state index >= 15 is 0 Å². The van der Waals surface area contributed by atoms with Crippen LogP contribution in [0.4, 0.5) is 10.1 Å². The van der Waals surface area contributed by atoms with E-state index in [1.807, 2.05) is 12.1 Å². The maximum atomic E-state index is 13.6. The van der Waals surface area contributed by atoms with Gasteiger partial charge < -0.3 is 10.5 Å². The second-order valence-corrected chi connectivity index (χ2v) is 5.10. The van der Waals surface area contributed by atoms with Crippen LogP contribution in [0, 0.1) is 27.8 Å². The highest BCUT2D eigenvalue weighted by Crippen LogP contribution is 2.24. The summed E-state index contributed by atoms with van der Waals surface area (Å²) in [7, 11) is 0. The molecule has 7 heteroatoms. The van der Waals surface area contributed by atoms with Crippen molar-refractivity contribution >= 4 is 17.0 Å². The van der Waals surface area contributed by atoms with Gasteiger partial charge in [0.15, 0.2) is 11.6 Å². The fraction of sp³-hybridized carbons (Fsp3) is 0.143. The summed E-state index contributed by atoms with van der Waals surface area (Å²) in [5, 5.41) is 10.5. The van der Waals surface area contributed by atoms with Crippen molar-refractivity contribution in [2.45, 2.75) is 6.61 Å². The Balaban J connectivity index is 2.03. The van der Waals surface area contributed by atoms with E-state index in [-0.39, 0.29) is 24.6 Å². The van der Waals surface area contributed by atoms with Gasteiger partial charge in [-0.05, 0) is 18.2 Å². The van der Waals surface area contributed by atoms with Gasteiger partial charge in [-0.2, -0.15) is 0 Å². The Morgan fingerprint density at radius 3 is 2.86 bits per heavy atom. The van der Waals surface area contributed by atoms with Crippen molar-refractivity contribution in [1.29, 1.82) is 0 Å². The molecule has 0 aliphatic heterocycles. The number of thiophene rings is 1. The zero-order chi connectivity index (χ0) is 15.2. The monoisotopic (exact) mass is 306 g/mol. The molecule has 0 spiro atoms. The molecule has 0 saturated carbocycles.